The Balaban J connectivity index is 2.54. The normalized spacial score (nSPS) is 12.7. The minimum absolute atomic E-state index is 0.288. The van der Waals surface area contributed by atoms with E-state index in [1.807, 2.05) is 11.3 Å². The molecule has 0 saturated carbocycles. The van der Waals surface area contributed by atoms with Crippen LogP contribution in [0.15, 0.2) is 22.0 Å². The summed E-state index contributed by atoms with van der Waals surface area (Å²) in [6.45, 7) is 11.9. The van der Waals surface area contributed by atoms with E-state index in [0.717, 1.165) is 6.54 Å². The van der Waals surface area contributed by atoms with Gasteiger partial charge in [0.2, 0.25) is 0 Å². The Hall–Kier alpha value is -0.640. The number of thiophene rings is 1. The van der Waals surface area contributed by atoms with Crippen LogP contribution in [0.3, 0.4) is 0 Å². The summed E-state index contributed by atoms with van der Waals surface area (Å²) in [5, 5.41) is 3.65. The van der Waals surface area contributed by atoms with Crippen LogP contribution in [-0.4, -0.2) is 6.54 Å². The Morgan fingerprint density at radius 1 is 1.05 bits per heavy atom. The molecule has 0 aliphatic heterocycles. The van der Waals surface area contributed by atoms with Crippen molar-refractivity contribution in [3.8, 4) is 0 Å². The van der Waals surface area contributed by atoms with E-state index < -0.39 is 0 Å². The molecule has 0 aliphatic carbocycles. The van der Waals surface area contributed by atoms with Gasteiger partial charge in [0, 0.05) is 4.88 Å². The number of aryl methyl sites for hydroxylation is 4. The largest absolute Gasteiger partial charge is 0.306 e. The molecule has 1 nitrogen and oxygen atoms in total. The Morgan fingerprint density at radius 2 is 1.65 bits per heavy atom. The van der Waals surface area contributed by atoms with E-state index in [9.17, 15) is 0 Å². The molecular formula is C17H22BrNS. The van der Waals surface area contributed by atoms with Crippen LogP contribution in [-0.2, 0) is 0 Å². The summed E-state index contributed by atoms with van der Waals surface area (Å²) in [4.78, 5) is 1.38. The van der Waals surface area contributed by atoms with Gasteiger partial charge in [-0.05, 0) is 78.5 Å². The van der Waals surface area contributed by atoms with Gasteiger partial charge in [0.05, 0.1) is 9.83 Å². The lowest BCUT2D eigenvalue weighted by molar-refractivity contribution is 0.633. The number of halogens is 1. The quantitative estimate of drug-likeness (QED) is 0.772. The van der Waals surface area contributed by atoms with Crippen molar-refractivity contribution < 1.29 is 0 Å². The SMILES string of the molecule is CCNC(c1cc(C)c(Br)s1)c1c(C)cc(C)cc1C. The molecule has 0 radical (unpaired) electrons. The predicted molar refractivity (Wildman–Crippen MR) is 92.9 cm³/mol. The Bertz CT molecular complexity index is 573. The molecule has 108 valence electrons. The summed E-state index contributed by atoms with van der Waals surface area (Å²) in [5.74, 6) is 0. The molecule has 0 spiro atoms. The average molecular weight is 352 g/mol. The van der Waals surface area contributed by atoms with Crippen LogP contribution in [0.4, 0.5) is 0 Å². The van der Waals surface area contributed by atoms with E-state index in [1.165, 1.54) is 36.5 Å². The molecule has 20 heavy (non-hydrogen) atoms. The monoisotopic (exact) mass is 351 g/mol. The van der Waals surface area contributed by atoms with Gasteiger partial charge >= 0.3 is 0 Å². The van der Waals surface area contributed by atoms with E-state index in [2.05, 4.69) is 74.1 Å². The minimum atomic E-state index is 0.288. The van der Waals surface area contributed by atoms with Gasteiger partial charge < -0.3 is 5.32 Å². The van der Waals surface area contributed by atoms with Crippen LogP contribution in [0.5, 0.6) is 0 Å². The van der Waals surface area contributed by atoms with Crippen LogP contribution in [0.1, 0.15) is 45.7 Å². The number of benzene rings is 1. The number of nitrogens with one attached hydrogen (secondary N) is 1. The lowest BCUT2D eigenvalue weighted by atomic mass is 9.93. The fourth-order valence-electron chi connectivity index (χ4n) is 2.82. The first-order chi connectivity index (χ1) is 9.43. The maximum Gasteiger partial charge on any atom is 0.0731 e. The topological polar surface area (TPSA) is 12.0 Å². The van der Waals surface area contributed by atoms with Gasteiger partial charge in [0.1, 0.15) is 0 Å². The van der Waals surface area contributed by atoms with Gasteiger partial charge in [-0.1, -0.05) is 24.6 Å². The van der Waals surface area contributed by atoms with Gasteiger partial charge in [0.15, 0.2) is 0 Å². The van der Waals surface area contributed by atoms with Crippen LogP contribution >= 0.6 is 27.3 Å². The molecule has 1 aromatic heterocycles. The zero-order valence-corrected chi connectivity index (χ0v) is 15.2. The number of hydrogen-bond donors (Lipinski definition) is 1. The molecule has 1 unspecified atom stereocenters. The maximum atomic E-state index is 3.65. The van der Waals surface area contributed by atoms with Crippen molar-refractivity contribution in [2.75, 3.05) is 6.54 Å². The third-order valence-electron chi connectivity index (χ3n) is 3.60. The van der Waals surface area contributed by atoms with Crippen LogP contribution in [0.2, 0.25) is 0 Å². The van der Waals surface area contributed by atoms with Crippen molar-refractivity contribution in [3.05, 3.63) is 54.7 Å². The molecule has 1 atom stereocenters. The highest BCUT2D eigenvalue weighted by molar-refractivity contribution is 9.11. The second-order valence-corrected chi connectivity index (χ2v) is 7.81. The van der Waals surface area contributed by atoms with E-state index >= 15 is 0 Å². The van der Waals surface area contributed by atoms with Gasteiger partial charge in [-0.2, -0.15) is 0 Å². The van der Waals surface area contributed by atoms with Crippen molar-refractivity contribution in [3.63, 3.8) is 0 Å². The van der Waals surface area contributed by atoms with Gasteiger partial charge in [-0.3, -0.25) is 0 Å². The highest BCUT2D eigenvalue weighted by atomic mass is 79.9. The first-order valence-electron chi connectivity index (χ1n) is 7.01. The van der Waals surface area contributed by atoms with Crippen molar-refractivity contribution in [2.24, 2.45) is 0 Å². The predicted octanol–water partition coefficient (Wildman–Crippen LogP) is 5.44. The Labute approximate surface area is 134 Å². The Morgan fingerprint density at radius 3 is 2.10 bits per heavy atom. The second kappa shape index (κ2) is 6.42. The summed E-state index contributed by atoms with van der Waals surface area (Å²) in [7, 11) is 0. The van der Waals surface area contributed by atoms with E-state index in [-0.39, 0.29) is 6.04 Å². The average Bonchev–Trinajstić information content (AvgIpc) is 2.67. The summed E-state index contributed by atoms with van der Waals surface area (Å²) in [6, 6.07) is 7.14. The van der Waals surface area contributed by atoms with Crippen LogP contribution in [0.25, 0.3) is 0 Å². The first-order valence-corrected chi connectivity index (χ1v) is 8.62. The molecule has 2 aromatic rings. The lowest BCUT2D eigenvalue weighted by Crippen LogP contribution is -2.23. The Kier molecular flexibility index (Phi) is 5.05. The fourth-order valence-corrected chi connectivity index (χ4v) is 4.48. The van der Waals surface area contributed by atoms with Crippen molar-refractivity contribution >= 4 is 27.3 Å². The minimum Gasteiger partial charge on any atom is -0.306 e. The second-order valence-electron chi connectivity index (χ2n) is 5.41. The van der Waals surface area contributed by atoms with Crippen molar-refractivity contribution in [1.29, 1.82) is 0 Å². The molecule has 1 N–H and O–H groups in total. The van der Waals surface area contributed by atoms with Crippen LogP contribution < -0.4 is 5.32 Å². The van der Waals surface area contributed by atoms with E-state index in [0.29, 0.717) is 0 Å². The molecule has 3 heteroatoms. The third-order valence-corrected chi connectivity index (χ3v) is 5.80. The highest BCUT2D eigenvalue weighted by Gasteiger charge is 2.20. The molecule has 0 fully saturated rings. The molecule has 0 bridgehead atoms. The van der Waals surface area contributed by atoms with Crippen molar-refractivity contribution in [2.45, 2.75) is 40.7 Å². The lowest BCUT2D eigenvalue weighted by Gasteiger charge is -2.22. The molecule has 2 rings (SSSR count). The maximum absolute atomic E-state index is 3.65. The summed E-state index contributed by atoms with van der Waals surface area (Å²) < 4.78 is 1.23. The van der Waals surface area contributed by atoms with E-state index in [4.69, 9.17) is 0 Å². The van der Waals surface area contributed by atoms with Crippen molar-refractivity contribution in [1.82, 2.24) is 5.32 Å². The molecule has 0 aliphatic rings. The van der Waals surface area contributed by atoms with Crippen LogP contribution in [0, 0.1) is 27.7 Å². The molecule has 0 amide bonds. The highest BCUT2D eigenvalue weighted by Crippen LogP contribution is 2.36. The zero-order chi connectivity index (χ0) is 14.9. The third kappa shape index (κ3) is 3.16. The van der Waals surface area contributed by atoms with Gasteiger partial charge in [0.25, 0.3) is 0 Å². The van der Waals surface area contributed by atoms with Gasteiger partial charge in [-0.15, -0.1) is 11.3 Å². The fraction of sp³-hybridized carbons (Fsp3) is 0.412. The van der Waals surface area contributed by atoms with E-state index in [1.54, 1.807) is 0 Å². The van der Waals surface area contributed by atoms with Gasteiger partial charge in [-0.25, -0.2) is 0 Å². The summed E-state index contributed by atoms with van der Waals surface area (Å²) in [6.07, 6.45) is 0. The summed E-state index contributed by atoms with van der Waals surface area (Å²) >= 11 is 5.48. The molecule has 1 heterocycles. The molecule has 0 saturated heterocycles. The zero-order valence-electron chi connectivity index (χ0n) is 12.8. The number of hydrogen-bond acceptors (Lipinski definition) is 2. The number of rotatable bonds is 4. The smallest absolute Gasteiger partial charge is 0.0731 e. The first kappa shape index (κ1) is 15.7. The standard InChI is InChI=1S/C17H22BrNS/c1-6-19-16(14-9-13(5)17(18)20-14)15-11(3)7-10(2)8-12(15)4/h7-9,16,19H,6H2,1-5H3. The molecule has 1 aromatic carbocycles. The molecular weight excluding hydrogens is 330 g/mol. The summed E-state index contributed by atoms with van der Waals surface area (Å²) in [5.41, 5.74) is 6.82.